The van der Waals surface area contributed by atoms with Crippen LogP contribution in [0.15, 0.2) is 76.4 Å². The number of carbonyl (C=O) groups is 1. The molecular weight excluding hydrogens is 502 g/mol. The molecule has 202 valence electrons. The monoisotopic (exact) mass is 538 g/mol. The molecule has 0 aliphatic carbocycles. The fourth-order valence-electron chi connectivity index (χ4n) is 4.80. The lowest BCUT2D eigenvalue weighted by Crippen LogP contribution is -2.43. The number of esters is 1. The maximum absolute atomic E-state index is 13.2. The Labute approximate surface area is 225 Å². The molecule has 0 fully saturated rings. The van der Waals surface area contributed by atoms with Crippen molar-refractivity contribution in [3.63, 3.8) is 0 Å². The van der Waals surface area contributed by atoms with E-state index >= 15 is 0 Å². The van der Waals surface area contributed by atoms with Crippen molar-refractivity contribution >= 4 is 28.2 Å². The van der Waals surface area contributed by atoms with Gasteiger partial charge in [0.25, 0.3) is 5.84 Å². The number of unbranched alkanes of at least 4 members (excludes halogenated alkanes) is 1. The molecule has 2 heterocycles. The van der Waals surface area contributed by atoms with Crippen LogP contribution in [0.4, 0.5) is 0 Å². The zero-order valence-corrected chi connectivity index (χ0v) is 23.1. The third-order valence-corrected chi connectivity index (χ3v) is 8.40. The van der Waals surface area contributed by atoms with Gasteiger partial charge in [0.1, 0.15) is 12.1 Å². The highest BCUT2D eigenvalue weighted by atomic mass is 32.2. The van der Waals surface area contributed by atoms with Gasteiger partial charge in [-0.1, -0.05) is 55.8 Å². The smallest absolute Gasteiger partial charge is 0.324 e. The van der Waals surface area contributed by atoms with Crippen molar-refractivity contribution < 1.29 is 22.5 Å². The first-order chi connectivity index (χ1) is 18.2. The average Bonchev–Trinajstić information content (AvgIpc) is 3.31. The second-order valence-electron chi connectivity index (χ2n) is 9.58. The van der Waals surface area contributed by atoms with Gasteiger partial charge in [0.2, 0.25) is 16.2 Å². The number of ether oxygens (including phenoxy) is 1. The molecule has 2 aromatic carbocycles. The van der Waals surface area contributed by atoms with Crippen molar-refractivity contribution in [3.05, 3.63) is 77.6 Å². The number of nitrogens with zero attached hydrogens (tertiary/aromatic N) is 3. The molecule has 0 aromatic heterocycles. The number of amidine groups is 1. The van der Waals surface area contributed by atoms with E-state index in [1.165, 1.54) is 7.11 Å². The number of likely N-dealkylation sites (N-methyl/N-ethyl adjacent to an activating group) is 1. The van der Waals surface area contributed by atoms with Gasteiger partial charge in [-0.05, 0) is 43.0 Å². The van der Waals surface area contributed by atoms with Crippen molar-refractivity contribution in [2.24, 2.45) is 4.99 Å². The lowest BCUT2D eigenvalue weighted by Gasteiger charge is -2.23. The minimum absolute atomic E-state index is 0.0190. The van der Waals surface area contributed by atoms with Gasteiger partial charge in [-0.15, -0.1) is 0 Å². The first-order valence-corrected chi connectivity index (χ1v) is 14.3. The van der Waals surface area contributed by atoms with Crippen molar-refractivity contribution in [1.82, 2.24) is 14.9 Å². The molecule has 0 spiro atoms. The molecule has 0 saturated carbocycles. The zero-order valence-electron chi connectivity index (χ0n) is 22.3. The highest BCUT2D eigenvalue weighted by Crippen LogP contribution is 2.29. The average molecular weight is 539 g/mol. The van der Waals surface area contributed by atoms with E-state index in [9.17, 15) is 13.2 Å². The number of methoxy groups -OCH3 is 1. The summed E-state index contributed by atoms with van der Waals surface area (Å²) in [6.07, 6.45) is 6.95. The van der Waals surface area contributed by atoms with Crippen LogP contribution in [0.25, 0.3) is 0 Å². The van der Waals surface area contributed by atoms with Crippen molar-refractivity contribution in [2.45, 2.75) is 62.7 Å². The predicted molar refractivity (Wildman–Crippen MR) is 147 cm³/mol. The van der Waals surface area contributed by atoms with E-state index in [0.717, 1.165) is 41.9 Å². The minimum Gasteiger partial charge on any atom is -0.468 e. The Bertz CT molecular complexity index is 1340. The Morgan fingerprint density at radius 2 is 1.89 bits per heavy atom. The standard InChI is InChI=1S/C28H35N5O4S/c1-5-6-12-26-30-27-25(18-29-19-32(27)3)33(26)20(2)22-13-15-23(16-14-22)38(35,36)31-24(28(34)37-4)17-21-10-8-7-9-11-21/h7-11,13-16,18-20,24,27,31H,5-6,12,17H2,1-4H3/p+1/t20?,24-,27?/m1/s1. The second kappa shape index (κ2) is 11.9. The lowest BCUT2D eigenvalue weighted by atomic mass is 10.1. The topological polar surface area (TPSA) is 103 Å². The number of sulfonamides is 1. The number of rotatable bonds is 11. The lowest BCUT2D eigenvalue weighted by molar-refractivity contribution is -0.520. The van der Waals surface area contributed by atoms with Gasteiger partial charge in [0.05, 0.1) is 24.5 Å². The second-order valence-corrected chi connectivity index (χ2v) is 11.3. The molecular formula is C28H36N5O4S+. The molecule has 2 aliphatic heterocycles. The van der Waals surface area contributed by atoms with Crippen LogP contribution in [0.2, 0.25) is 0 Å². The molecule has 2 aliphatic rings. The summed E-state index contributed by atoms with van der Waals surface area (Å²) in [5, 5.41) is 3.63. The summed E-state index contributed by atoms with van der Waals surface area (Å²) in [7, 11) is -0.723. The molecule has 4 rings (SSSR count). The van der Waals surface area contributed by atoms with Gasteiger partial charge in [-0.2, -0.15) is 4.72 Å². The summed E-state index contributed by atoms with van der Waals surface area (Å²) in [5.74, 6) is 0.496. The first-order valence-electron chi connectivity index (χ1n) is 12.9. The Morgan fingerprint density at radius 3 is 2.55 bits per heavy atom. The van der Waals surface area contributed by atoms with Crippen molar-refractivity contribution in [2.75, 3.05) is 14.2 Å². The van der Waals surface area contributed by atoms with Gasteiger partial charge in [0.15, 0.2) is 5.70 Å². The van der Waals surface area contributed by atoms with Crippen molar-refractivity contribution in [3.8, 4) is 0 Å². The van der Waals surface area contributed by atoms with Crippen LogP contribution in [0.3, 0.4) is 0 Å². The molecule has 2 N–H and O–H groups in total. The Hall–Kier alpha value is -3.50. The van der Waals surface area contributed by atoms with Gasteiger partial charge >= 0.3 is 5.97 Å². The summed E-state index contributed by atoms with van der Waals surface area (Å²) in [6, 6.07) is 15.0. The highest BCUT2D eigenvalue weighted by Gasteiger charge is 2.42. The maximum atomic E-state index is 13.2. The molecule has 10 heteroatoms. The fourth-order valence-corrected chi connectivity index (χ4v) is 5.99. The van der Waals surface area contributed by atoms with Gasteiger partial charge in [-0.3, -0.25) is 4.79 Å². The Kier molecular flexibility index (Phi) is 8.63. The number of fused-ring (bicyclic) bond motifs is 1. The van der Waals surface area contributed by atoms with E-state index in [4.69, 9.17) is 4.74 Å². The molecule has 2 aromatic rings. The number of hydrogen-bond donors (Lipinski definition) is 2. The number of nitrogens with one attached hydrogen (secondary N) is 2. The van der Waals surface area contributed by atoms with Gasteiger partial charge < -0.3 is 9.64 Å². The van der Waals surface area contributed by atoms with E-state index in [1.807, 2.05) is 60.6 Å². The van der Waals surface area contributed by atoms with E-state index in [1.54, 1.807) is 18.5 Å². The van der Waals surface area contributed by atoms with Gasteiger partial charge in [0, 0.05) is 13.5 Å². The number of aliphatic imine (C=N–C) groups is 1. The van der Waals surface area contributed by atoms with Crippen LogP contribution in [-0.2, 0) is 26.0 Å². The largest absolute Gasteiger partial charge is 0.468 e. The molecule has 9 nitrogen and oxygen atoms in total. The van der Waals surface area contributed by atoms with Crippen LogP contribution < -0.4 is 10.0 Å². The maximum Gasteiger partial charge on any atom is 0.324 e. The summed E-state index contributed by atoms with van der Waals surface area (Å²) >= 11 is 0. The molecule has 0 amide bonds. The third kappa shape index (κ3) is 5.97. The van der Waals surface area contributed by atoms with Crippen LogP contribution >= 0.6 is 0 Å². The molecule has 0 radical (unpaired) electrons. The predicted octanol–water partition coefficient (Wildman–Crippen LogP) is 3.16. The molecule has 38 heavy (non-hydrogen) atoms. The van der Waals surface area contributed by atoms with E-state index in [-0.39, 0.29) is 23.5 Å². The summed E-state index contributed by atoms with van der Waals surface area (Å²) in [6.45, 7) is 4.27. The van der Waals surface area contributed by atoms with Crippen LogP contribution in [0.1, 0.15) is 50.3 Å². The first kappa shape index (κ1) is 27.5. The zero-order chi connectivity index (χ0) is 27.3. The van der Waals surface area contributed by atoms with E-state index < -0.39 is 22.0 Å². The molecule has 2 unspecified atom stereocenters. The number of carbonyl (C=O) groups excluding carboxylic acids is 1. The van der Waals surface area contributed by atoms with Gasteiger partial charge in [-0.25, -0.2) is 23.3 Å². The van der Waals surface area contributed by atoms with E-state index in [2.05, 4.69) is 33.5 Å². The summed E-state index contributed by atoms with van der Waals surface area (Å²) in [5.41, 5.74) is 2.86. The van der Waals surface area contributed by atoms with Crippen LogP contribution in [-0.4, -0.2) is 62.4 Å². The minimum atomic E-state index is -3.96. The highest BCUT2D eigenvalue weighted by molar-refractivity contribution is 7.89. The SMILES string of the molecule is CCCCC1=[N+](C(C)c2ccc(S(=O)(=O)N[C@H](Cc3ccccc3)C(=O)OC)cc2)C2=CN=CN(C)C2N1. The van der Waals surface area contributed by atoms with Crippen molar-refractivity contribution in [1.29, 1.82) is 0 Å². The normalized spacial score (nSPS) is 18.5. The quantitative estimate of drug-likeness (QED) is 0.337. The third-order valence-electron chi connectivity index (χ3n) is 6.91. The number of hydrogen-bond acceptors (Lipinski definition) is 7. The van der Waals surface area contributed by atoms with Crippen LogP contribution in [0.5, 0.6) is 0 Å². The molecule has 3 atom stereocenters. The van der Waals surface area contributed by atoms with E-state index in [0.29, 0.717) is 0 Å². The fraction of sp³-hybridized carbons (Fsp3) is 0.393. The number of benzene rings is 2. The molecule has 0 bridgehead atoms. The Balaban J connectivity index is 1.56. The summed E-state index contributed by atoms with van der Waals surface area (Å²) < 4.78 is 36.1. The van der Waals surface area contributed by atoms with Crippen LogP contribution in [0, 0.1) is 0 Å². The Morgan fingerprint density at radius 1 is 1.18 bits per heavy atom. The summed E-state index contributed by atoms with van der Waals surface area (Å²) in [4.78, 5) is 18.9. The molecule has 0 saturated heterocycles.